The Morgan fingerprint density at radius 3 is 2.00 bits per heavy atom. The second kappa shape index (κ2) is 3.19. The van der Waals surface area contributed by atoms with Crippen LogP contribution in [0.5, 0.6) is 0 Å². The fraction of sp³-hybridized carbons (Fsp3) is 0.700. The molecule has 0 saturated heterocycles. The Bertz CT molecular complexity index is 331. The molecule has 0 saturated carbocycles. The number of hydrogen-bond acceptors (Lipinski definition) is 3. The average molecular weight is 196 g/mol. The highest BCUT2D eigenvalue weighted by Gasteiger charge is 2.24. The highest BCUT2D eigenvalue weighted by Crippen LogP contribution is 2.28. The molecule has 0 aliphatic rings. The van der Waals surface area contributed by atoms with Crippen LogP contribution in [-0.4, -0.2) is 9.66 Å². The normalized spacial score (nSPS) is 12.4. The van der Waals surface area contributed by atoms with Crippen LogP contribution in [0, 0.1) is 0 Å². The summed E-state index contributed by atoms with van der Waals surface area (Å²) in [4.78, 5) is 4.49. The van der Waals surface area contributed by atoms with Crippen LogP contribution in [0.4, 0.5) is 5.82 Å². The van der Waals surface area contributed by atoms with Gasteiger partial charge in [0.15, 0.2) is 0 Å². The number of imidazole rings is 1. The molecule has 0 amide bonds. The molecule has 0 bridgehead atoms. The van der Waals surface area contributed by atoms with E-state index < -0.39 is 0 Å². The largest absolute Gasteiger partial charge is 0.382 e. The zero-order valence-electron chi connectivity index (χ0n) is 9.63. The zero-order valence-corrected chi connectivity index (χ0v) is 9.63. The second-order valence-corrected chi connectivity index (χ2v) is 4.98. The van der Waals surface area contributed by atoms with E-state index >= 15 is 0 Å². The Hall–Kier alpha value is -1.19. The van der Waals surface area contributed by atoms with Crippen molar-refractivity contribution in [3.63, 3.8) is 0 Å². The maximum Gasteiger partial charge on any atom is 0.146 e. The van der Waals surface area contributed by atoms with E-state index in [0.29, 0.717) is 11.7 Å². The number of aromatic nitrogens is 2. The van der Waals surface area contributed by atoms with Crippen molar-refractivity contribution in [1.82, 2.24) is 9.66 Å². The van der Waals surface area contributed by atoms with Crippen molar-refractivity contribution in [3.05, 3.63) is 11.5 Å². The number of hydrogen-bond donors (Lipinski definition) is 2. The number of anilines is 1. The molecule has 0 aliphatic carbocycles. The summed E-state index contributed by atoms with van der Waals surface area (Å²) in [7, 11) is 0. The third-order valence-corrected chi connectivity index (χ3v) is 2.20. The summed E-state index contributed by atoms with van der Waals surface area (Å²) in [5, 5.41) is 0. The van der Waals surface area contributed by atoms with Gasteiger partial charge in [0, 0.05) is 11.3 Å². The number of nitrogens with two attached hydrogens (primary N) is 2. The minimum atomic E-state index is -0.0572. The second-order valence-electron chi connectivity index (χ2n) is 4.98. The van der Waals surface area contributed by atoms with E-state index in [4.69, 9.17) is 11.6 Å². The maximum atomic E-state index is 5.90. The third kappa shape index (κ3) is 1.69. The van der Waals surface area contributed by atoms with E-state index in [1.165, 1.54) is 4.68 Å². The topological polar surface area (TPSA) is 69.9 Å². The highest BCUT2D eigenvalue weighted by molar-refractivity contribution is 5.42. The molecular weight excluding hydrogens is 176 g/mol. The highest BCUT2D eigenvalue weighted by atomic mass is 15.4. The Labute approximate surface area is 85.3 Å². The monoisotopic (exact) mass is 196 g/mol. The number of nitrogens with zero attached hydrogens (tertiary/aromatic N) is 2. The van der Waals surface area contributed by atoms with Crippen molar-refractivity contribution >= 4 is 5.82 Å². The molecule has 0 aliphatic heterocycles. The lowest BCUT2D eigenvalue weighted by molar-refractivity contribution is 0.571. The fourth-order valence-corrected chi connectivity index (χ4v) is 1.42. The maximum absolute atomic E-state index is 5.90. The first-order valence-electron chi connectivity index (χ1n) is 4.88. The SMILES string of the molecule is CC(C)c1nc(C(C)(C)C)c(N)n1N. The van der Waals surface area contributed by atoms with Crippen LogP contribution in [0.2, 0.25) is 0 Å². The average Bonchev–Trinajstić information content (AvgIpc) is 2.28. The lowest BCUT2D eigenvalue weighted by Gasteiger charge is -2.15. The van der Waals surface area contributed by atoms with Crippen molar-refractivity contribution in [1.29, 1.82) is 0 Å². The molecule has 0 spiro atoms. The minimum Gasteiger partial charge on any atom is -0.382 e. The quantitative estimate of drug-likeness (QED) is 0.670. The Balaban J connectivity index is 3.29. The van der Waals surface area contributed by atoms with Gasteiger partial charge < -0.3 is 11.6 Å². The molecule has 1 rings (SSSR count). The minimum absolute atomic E-state index is 0.0572. The molecule has 1 heterocycles. The lowest BCUT2D eigenvalue weighted by atomic mass is 9.92. The molecule has 0 atom stereocenters. The Morgan fingerprint density at radius 1 is 1.29 bits per heavy atom. The molecule has 4 N–H and O–H groups in total. The first-order valence-corrected chi connectivity index (χ1v) is 4.88. The number of rotatable bonds is 1. The predicted molar refractivity (Wildman–Crippen MR) is 59.6 cm³/mol. The van der Waals surface area contributed by atoms with Gasteiger partial charge in [0.2, 0.25) is 0 Å². The summed E-state index contributed by atoms with van der Waals surface area (Å²) in [5.74, 6) is 7.53. The van der Waals surface area contributed by atoms with Gasteiger partial charge in [0.25, 0.3) is 0 Å². The van der Waals surface area contributed by atoms with Gasteiger partial charge in [-0.3, -0.25) is 0 Å². The van der Waals surface area contributed by atoms with Crippen LogP contribution >= 0.6 is 0 Å². The van der Waals surface area contributed by atoms with E-state index in [-0.39, 0.29) is 5.41 Å². The molecular formula is C10H20N4. The van der Waals surface area contributed by atoms with Gasteiger partial charge in [-0.2, -0.15) is 0 Å². The molecule has 0 unspecified atom stereocenters. The van der Waals surface area contributed by atoms with Gasteiger partial charge in [0.05, 0.1) is 5.69 Å². The van der Waals surface area contributed by atoms with Crippen LogP contribution in [0.3, 0.4) is 0 Å². The number of nitrogen functional groups attached to an aromatic ring is 2. The summed E-state index contributed by atoms with van der Waals surface area (Å²) >= 11 is 0. The summed E-state index contributed by atoms with van der Waals surface area (Å²) in [5.41, 5.74) is 6.72. The smallest absolute Gasteiger partial charge is 0.146 e. The van der Waals surface area contributed by atoms with E-state index in [2.05, 4.69) is 39.6 Å². The first kappa shape index (κ1) is 10.9. The van der Waals surface area contributed by atoms with Crippen molar-refractivity contribution in [2.24, 2.45) is 0 Å². The standard InChI is InChI=1S/C10H20N4/c1-6(2)9-13-7(10(3,4)5)8(11)14(9)12/h6H,11-12H2,1-5H3. The molecule has 80 valence electrons. The lowest BCUT2D eigenvalue weighted by Crippen LogP contribution is -2.18. The van der Waals surface area contributed by atoms with Gasteiger partial charge in [0.1, 0.15) is 11.6 Å². The van der Waals surface area contributed by atoms with Crippen molar-refractivity contribution < 1.29 is 0 Å². The Morgan fingerprint density at radius 2 is 1.79 bits per heavy atom. The van der Waals surface area contributed by atoms with Crippen LogP contribution in [0.25, 0.3) is 0 Å². The molecule has 0 aromatic carbocycles. The molecule has 0 fully saturated rings. The van der Waals surface area contributed by atoms with Crippen LogP contribution in [-0.2, 0) is 5.41 Å². The van der Waals surface area contributed by atoms with Crippen molar-refractivity contribution in [2.75, 3.05) is 11.6 Å². The van der Waals surface area contributed by atoms with Crippen LogP contribution < -0.4 is 11.6 Å². The van der Waals surface area contributed by atoms with Crippen molar-refractivity contribution in [2.45, 2.75) is 46.0 Å². The zero-order chi connectivity index (χ0) is 11.1. The van der Waals surface area contributed by atoms with E-state index in [1.54, 1.807) is 0 Å². The molecule has 4 nitrogen and oxygen atoms in total. The third-order valence-electron chi connectivity index (χ3n) is 2.20. The van der Waals surface area contributed by atoms with Crippen LogP contribution in [0.15, 0.2) is 0 Å². The van der Waals surface area contributed by atoms with Gasteiger partial charge in [-0.05, 0) is 0 Å². The first-order chi connectivity index (χ1) is 6.25. The predicted octanol–water partition coefficient (Wildman–Crippen LogP) is 1.60. The van der Waals surface area contributed by atoms with Gasteiger partial charge in [-0.25, -0.2) is 9.66 Å². The fourth-order valence-electron chi connectivity index (χ4n) is 1.42. The summed E-state index contributed by atoms with van der Waals surface area (Å²) in [6.07, 6.45) is 0. The summed E-state index contributed by atoms with van der Waals surface area (Å²) < 4.78 is 1.49. The van der Waals surface area contributed by atoms with Gasteiger partial charge >= 0.3 is 0 Å². The summed E-state index contributed by atoms with van der Waals surface area (Å²) in [6, 6.07) is 0. The summed E-state index contributed by atoms with van der Waals surface area (Å²) in [6.45, 7) is 10.3. The molecule has 4 heteroatoms. The van der Waals surface area contributed by atoms with Gasteiger partial charge in [-0.15, -0.1) is 0 Å². The Kier molecular flexibility index (Phi) is 2.48. The van der Waals surface area contributed by atoms with E-state index in [0.717, 1.165) is 11.5 Å². The molecule has 0 radical (unpaired) electrons. The van der Waals surface area contributed by atoms with Gasteiger partial charge in [-0.1, -0.05) is 34.6 Å². The molecule has 1 aromatic rings. The van der Waals surface area contributed by atoms with Crippen LogP contribution in [0.1, 0.15) is 52.1 Å². The molecule has 1 aromatic heterocycles. The molecule has 14 heavy (non-hydrogen) atoms. The van der Waals surface area contributed by atoms with E-state index in [1.807, 2.05) is 0 Å². The van der Waals surface area contributed by atoms with E-state index in [9.17, 15) is 0 Å². The van der Waals surface area contributed by atoms with Crippen molar-refractivity contribution in [3.8, 4) is 0 Å².